The number of aromatic carboxylic acids is 1. The van der Waals surface area contributed by atoms with E-state index in [4.69, 9.17) is 9.84 Å². The number of hydrogen-bond acceptors (Lipinski definition) is 4. The van der Waals surface area contributed by atoms with Gasteiger partial charge in [-0.05, 0) is 19.1 Å². The summed E-state index contributed by atoms with van der Waals surface area (Å²) in [6, 6.07) is 2.99. The van der Waals surface area contributed by atoms with Crippen molar-refractivity contribution in [2.75, 3.05) is 0 Å². The van der Waals surface area contributed by atoms with Gasteiger partial charge in [-0.2, -0.15) is 5.10 Å². The van der Waals surface area contributed by atoms with Crippen molar-refractivity contribution in [3.8, 4) is 5.75 Å². The van der Waals surface area contributed by atoms with Gasteiger partial charge in [-0.25, -0.2) is 9.78 Å². The molecule has 0 radical (unpaired) electrons. The van der Waals surface area contributed by atoms with E-state index >= 15 is 0 Å². The number of carbonyl (C=O) groups is 1. The van der Waals surface area contributed by atoms with E-state index in [-0.39, 0.29) is 5.69 Å². The second-order valence-corrected chi connectivity index (χ2v) is 3.68. The van der Waals surface area contributed by atoms with Crippen LogP contribution in [0.15, 0.2) is 30.7 Å². The number of carboxylic acid groups (broad SMARTS) is 1. The quantitative estimate of drug-likeness (QED) is 0.867. The first kappa shape index (κ1) is 12.1. The molecule has 0 aliphatic rings. The Balaban J connectivity index is 1.95. The molecule has 2 heterocycles. The zero-order chi connectivity index (χ0) is 13.0. The number of carboxylic acids is 1. The fraction of sp³-hybridized carbons (Fsp3) is 0.250. The molecule has 2 aromatic heterocycles. The van der Waals surface area contributed by atoms with Crippen LogP contribution in [0.25, 0.3) is 0 Å². The van der Waals surface area contributed by atoms with Crippen molar-refractivity contribution in [2.24, 2.45) is 0 Å². The number of nitrogens with zero attached hydrogens (tertiary/aromatic N) is 3. The lowest BCUT2D eigenvalue weighted by Crippen LogP contribution is -2.00. The first-order valence-electron chi connectivity index (χ1n) is 5.52. The molecule has 0 fully saturated rings. The molecule has 2 rings (SSSR count). The van der Waals surface area contributed by atoms with Crippen molar-refractivity contribution in [2.45, 2.75) is 20.1 Å². The van der Waals surface area contributed by atoms with Gasteiger partial charge in [0, 0.05) is 18.3 Å². The van der Waals surface area contributed by atoms with Gasteiger partial charge in [0.15, 0.2) is 0 Å². The Morgan fingerprint density at radius 3 is 2.83 bits per heavy atom. The van der Waals surface area contributed by atoms with E-state index in [1.165, 1.54) is 12.3 Å². The van der Waals surface area contributed by atoms with Crippen LogP contribution in [0, 0.1) is 0 Å². The molecule has 0 amide bonds. The van der Waals surface area contributed by atoms with Gasteiger partial charge >= 0.3 is 5.97 Å². The van der Waals surface area contributed by atoms with Crippen LogP contribution in [0.3, 0.4) is 0 Å². The number of hydrogen-bond donors (Lipinski definition) is 1. The summed E-state index contributed by atoms with van der Waals surface area (Å²) in [5.74, 6) is -0.518. The largest absolute Gasteiger partial charge is 0.487 e. The summed E-state index contributed by atoms with van der Waals surface area (Å²) in [7, 11) is 0. The first-order valence-corrected chi connectivity index (χ1v) is 5.52. The van der Waals surface area contributed by atoms with Gasteiger partial charge in [-0.3, -0.25) is 4.68 Å². The highest BCUT2D eigenvalue weighted by molar-refractivity contribution is 5.85. The minimum absolute atomic E-state index is 0.00107. The van der Waals surface area contributed by atoms with Crippen LogP contribution in [0.4, 0.5) is 0 Å². The summed E-state index contributed by atoms with van der Waals surface area (Å²) in [5, 5.41) is 12.8. The summed E-state index contributed by atoms with van der Waals surface area (Å²) < 4.78 is 7.29. The van der Waals surface area contributed by atoms with Crippen molar-refractivity contribution in [3.63, 3.8) is 0 Å². The minimum Gasteiger partial charge on any atom is -0.487 e. The van der Waals surface area contributed by atoms with Gasteiger partial charge in [-0.1, -0.05) is 0 Å². The smallest absolute Gasteiger partial charge is 0.354 e. The molecule has 0 aromatic carbocycles. The molecule has 18 heavy (non-hydrogen) atoms. The summed E-state index contributed by atoms with van der Waals surface area (Å²) in [6.07, 6.45) is 5.04. The molecule has 0 aliphatic carbocycles. The average molecular weight is 247 g/mol. The topological polar surface area (TPSA) is 77.2 Å². The first-order chi connectivity index (χ1) is 8.69. The molecule has 0 bridgehead atoms. The maximum atomic E-state index is 10.6. The predicted molar refractivity (Wildman–Crippen MR) is 63.4 cm³/mol. The fourth-order valence-corrected chi connectivity index (χ4v) is 1.41. The summed E-state index contributed by atoms with van der Waals surface area (Å²) in [4.78, 5) is 14.4. The zero-order valence-electron chi connectivity index (χ0n) is 9.91. The van der Waals surface area contributed by atoms with Crippen LogP contribution in [-0.2, 0) is 13.2 Å². The molecule has 6 heteroatoms. The summed E-state index contributed by atoms with van der Waals surface area (Å²) in [5.41, 5.74) is 0.959. The molecule has 0 aliphatic heterocycles. The molecule has 0 saturated heterocycles. The number of rotatable bonds is 5. The van der Waals surface area contributed by atoms with E-state index in [1.807, 2.05) is 17.8 Å². The van der Waals surface area contributed by atoms with Crippen LogP contribution in [0.2, 0.25) is 0 Å². The SMILES string of the molecule is CCn1cc(COc2ccc(C(=O)O)nc2)cn1. The van der Waals surface area contributed by atoms with E-state index in [1.54, 1.807) is 12.3 Å². The van der Waals surface area contributed by atoms with Crippen LogP contribution in [0.1, 0.15) is 23.0 Å². The highest BCUT2D eigenvalue weighted by Gasteiger charge is 2.04. The Hall–Kier alpha value is -2.37. The highest BCUT2D eigenvalue weighted by atomic mass is 16.5. The minimum atomic E-state index is -1.05. The molecule has 94 valence electrons. The van der Waals surface area contributed by atoms with E-state index in [0.717, 1.165) is 12.1 Å². The van der Waals surface area contributed by atoms with Crippen molar-refractivity contribution >= 4 is 5.97 Å². The van der Waals surface area contributed by atoms with Crippen molar-refractivity contribution < 1.29 is 14.6 Å². The Labute approximate surface area is 104 Å². The Bertz CT molecular complexity index is 534. The molecular weight excluding hydrogens is 234 g/mol. The lowest BCUT2D eigenvalue weighted by molar-refractivity contribution is 0.0690. The van der Waals surface area contributed by atoms with Crippen molar-refractivity contribution in [1.82, 2.24) is 14.8 Å². The van der Waals surface area contributed by atoms with Gasteiger partial charge in [0.2, 0.25) is 0 Å². The fourth-order valence-electron chi connectivity index (χ4n) is 1.41. The molecule has 2 aromatic rings. The lowest BCUT2D eigenvalue weighted by atomic mass is 10.3. The van der Waals surface area contributed by atoms with Crippen molar-refractivity contribution in [1.29, 1.82) is 0 Å². The third-order valence-electron chi connectivity index (χ3n) is 2.37. The van der Waals surface area contributed by atoms with Gasteiger partial charge in [-0.15, -0.1) is 0 Å². The summed E-state index contributed by atoms with van der Waals surface area (Å²) >= 11 is 0. The second kappa shape index (κ2) is 5.31. The van der Waals surface area contributed by atoms with E-state index < -0.39 is 5.97 Å². The normalized spacial score (nSPS) is 10.3. The third-order valence-corrected chi connectivity index (χ3v) is 2.37. The molecule has 1 N–H and O–H groups in total. The Morgan fingerprint density at radius 2 is 2.28 bits per heavy atom. The molecule has 0 unspecified atom stereocenters. The van der Waals surface area contributed by atoms with Gasteiger partial charge in [0.1, 0.15) is 18.1 Å². The van der Waals surface area contributed by atoms with Crippen LogP contribution >= 0.6 is 0 Å². The highest BCUT2D eigenvalue weighted by Crippen LogP contribution is 2.11. The Kier molecular flexibility index (Phi) is 3.57. The zero-order valence-corrected chi connectivity index (χ0v) is 9.91. The molecule has 6 nitrogen and oxygen atoms in total. The third kappa shape index (κ3) is 2.85. The molecule has 0 spiro atoms. The predicted octanol–water partition coefficient (Wildman–Crippen LogP) is 1.58. The van der Waals surface area contributed by atoms with Gasteiger partial charge < -0.3 is 9.84 Å². The second-order valence-electron chi connectivity index (χ2n) is 3.68. The van der Waals surface area contributed by atoms with Crippen LogP contribution in [-0.4, -0.2) is 25.8 Å². The maximum absolute atomic E-state index is 10.6. The monoisotopic (exact) mass is 247 g/mol. The summed E-state index contributed by atoms with van der Waals surface area (Å²) in [6.45, 7) is 3.20. The number of ether oxygens (including phenoxy) is 1. The average Bonchev–Trinajstić information content (AvgIpc) is 2.85. The molecule has 0 atom stereocenters. The standard InChI is InChI=1S/C12H13N3O3/c1-2-15-7-9(5-14-15)8-18-10-3-4-11(12(16)17)13-6-10/h3-7H,2,8H2,1H3,(H,16,17). The van der Waals surface area contributed by atoms with E-state index in [2.05, 4.69) is 10.1 Å². The molecular formula is C12H13N3O3. The van der Waals surface area contributed by atoms with Crippen LogP contribution < -0.4 is 4.74 Å². The van der Waals surface area contributed by atoms with Gasteiger partial charge in [0.05, 0.1) is 12.4 Å². The van der Waals surface area contributed by atoms with Gasteiger partial charge in [0.25, 0.3) is 0 Å². The number of aromatic nitrogens is 3. The Morgan fingerprint density at radius 1 is 1.44 bits per heavy atom. The van der Waals surface area contributed by atoms with Crippen LogP contribution in [0.5, 0.6) is 5.75 Å². The molecule has 0 saturated carbocycles. The lowest BCUT2D eigenvalue weighted by Gasteiger charge is -2.03. The maximum Gasteiger partial charge on any atom is 0.354 e. The van der Waals surface area contributed by atoms with E-state index in [0.29, 0.717) is 12.4 Å². The van der Waals surface area contributed by atoms with Crippen molar-refractivity contribution in [3.05, 3.63) is 42.0 Å². The van der Waals surface area contributed by atoms with E-state index in [9.17, 15) is 4.79 Å². The number of pyridine rings is 1. The number of aryl methyl sites for hydroxylation is 1.